The van der Waals surface area contributed by atoms with Crippen LogP contribution in [0, 0.1) is 0 Å². The quantitative estimate of drug-likeness (QED) is 0.185. The zero-order valence-electron chi connectivity index (χ0n) is 26.7. The minimum atomic E-state index is 0.602. The topological polar surface area (TPSA) is 51.8 Å². The molecule has 0 amide bonds. The van der Waals surface area contributed by atoms with Crippen molar-refractivity contribution in [2.24, 2.45) is 0 Å². The zero-order valence-corrected chi connectivity index (χ0v) is 27.6. The van der Waals surface area contributed by atoms with E-state index in [-0.39, 0.29) is 0 Å². The fourth-order valence-corrected chi connectivity index (χ4v) is 8.26. The Morgan fingerprint density at radius 3 is 1.70 bits per heavy atom. The predicted molar refractivity (Wildman–Crippen MR) is 207 cm³/mol. The van der Waals surface area contributed by atoms with Gasteiger partial charge in [-0.2, -0.15) is 0 Å². The van der Waals surface area contributed by atoms with E-state index in [2.05, 4.69) is 91.0 Å². The molecule has 0 aliphatic rings. The third-order valence-corrected chi connectivity index (χ3v) is 10.5. The first-order chi connectivity index (χ1) is 24.8. The second-order valence-electron chi connectivity index (χ2n) is 12.3. The Kier molecular flexibility index (Phi) is 6.64. The Labute approximate surface area is 292 Å². The van der Waals surface area contributed by atoms with Crippen molar-refractivity contribution in [2.75, 3.05) is 0 Å². The van der Waals surface area contributed by atoms with Gasteiger partial charge in [-0.3, -0.25) is 0 Å². The van der Waals surface area contributed by atoms with E-state index in [1.807, 2.05) is 84.1 Å². The minimum Gasteiger partial charge on any atom is -0.455 e. The van der Waals surface area contributed by atoms with Crippen molar-refractivity contribution in [2.45, 2.75) is 0 Å². The number of para-hydroxylation sites is 2. The van der Waals surface area contributed by atoms with E-state index < -0.39 is 0 Å². The normalized spacial score (nSPS) is 11.6. The molecule has 0 fully saturated rings. The molecule has 10 aromatic rings. The summed E-state index contributed by atoms with van der Waals surface area (Å²) in [6, 6.07) is 56.7. The molecule has 0 saturated carbocycles. The average molecular weight is 658 g/mol. The Balaban J connectivity index is 1.33. The molecule has 0 N–H and O–H groups in total. The molecular weight excluding hydrogens is 631 g/mol. The van der Waals surface area contributed by atoms with E-state index in [9.17, 15) is 0 Å². The molecule has 0 aliphatic carbocycles. The summed E-state index contributed by atoms with van der Waals surface area (Å²) < 4.78 is 9.22. The average Bonchev–Trinajstić information content (AvgIpc) is 3.77. The van der Waals surface area contributed by atoms with Crippen LogP contribution in [0.1, 0.15) is 0 Å². The molecule has 5 heteroatoms. The van der Waals surface area contributed by atoms with Crippen molar-refractivity contribution >= 4 is 53.4 Å². The van der Waals surface area contributed by atoms with Crippen LogP contribution in [0.4, 0.5) is 0 Å². The van der Waals surface area contributed by atoms with Gasteiger partial charge in [0.05, 0.1) is 0 Å². The molecule has 3 aromatic heterocycles. The lowest BCUT2D eigenvalue weighted by Crippen LogP contribution is -2.02. The standard InChI is InChI=1S/C45H27N3OS/c1-3-14-28(15-4-1)43-46-44(29-16-5-2-6-17-29)48-45(47-43)36-24-11-20-31(32-21-13-27-39-41(32)34-19-8-10-26-38(34)50-39)40(36)35-23-12-22-33-30-18-7-9-25-37(30)49-42(33)35/h1-27H. The second-order valence-corrected chi connectivity index (χ2v) is 13.4. The first kappa shape index (κ1) is 28.6. The van der Waals surface area contributed by atoms with E-state index in [0.29, 0.717) is 17.5 Å². The number of rotatable bonds is 5. The van der Waals surface area contributed by atoms with Crippen molar-refractivity contribution in [1.82, 2.24) is 15.0 Å². The van der Waals surface area contributed by atoms with Crippen LogP contribution in [0.25, 0.3) is 98.5 Å². The Bertz CT molecular complexity index is 2820. The van der Waals surface area contributed by atoms with Crippen molar-refractivity contribution in [3.63, 3.8) is 0 Å². The highest BCUT2D eigenvalue weighted by Gasteiger charge is 2.23. The summed E-state index contributed by atoms with van der Waals surface area (Å²) in [5.74, 6) is 1.85. The van der Waals surface area contributed by atoms with Gasteiger partial charge in [0.25, 0.3) is 0 Å². The number of fused-ring (bicyclic) bond motifs is 6. The van der Waals surface area contributed by atoms with Crippen LogP contribution in [0.3, 0.4) is 0 Å². The van der Waals surface area contributed by atoms with Crippen molar-refractivity contribution in [3.05, 3.63) is 164 Å². The van der Waals surface area contributed by atoms with Gasteiger partial charge in [0.1, 0.15) is 11.2 Å². The van der Waals surface area contributed by atoms with Crippen LogP contribution in [0.15, 0.2) is 168 Å². The molecule has 0 radical (unpaired) electrons. The lowest BCUT2D eigenvalue weighted by molar-refractivity contribution is 0.670. The largest absolute Gasteiger partial charge is 0.455 e. The number of hydrogen-bond acceptors (Lipinski definition) is 5. The van der Waals surface area contributed by atoms with Gasteiger partial charge >= 0.3 is 0 Å². The molecule has 0 unspecified atom stereocenters. The summed E-state index contributed by atoms with van der Waals surface area (Å²) in [5.41, 5.74) is 8.72. The molecule has 0 aliphatic heterocycles. The van der Waals surface area contributed by atoms with E-state index in [1.54, 1.807) is 0 Å². The third kappa shape index (κ3) is 4.63. The van der Waals surface area contributed by atoms with Gasteiger partial charge in [0.15, 0.2) is 17.5 Å². The van der Waals surface area contributed by atoms with Crippen LogP contribution in [0.2, 0.25) is 0 Å². The smallest absolute Gasteiger partial charge is 0.164 e. The summed E-state index contributed by atoms with van der Waals surface area (Å²) in [7, 11) is 0. The van der Waals surface area contributed by atoms with E-state index >= 15 is 0 Å². The first-order valence-electron chi connectivity index (χ1n) is 16.6. The zero-order chi connectivity index (χ0) is 33.0. The molecule has 234 valence electrons. The highest BCUT2D eigenvalue weighted by atomic mass is 32.1. The summed E-state index contributed by atoms with van der Waals surface area (Å²) in [6.45, 7) is 0. The molecule has 10 rings (SSSR count). The van der Waals surface area contributed by atoms with Gasteiger partial charge in [-0.1, -0.05) is 146 Å². The van der Waals surface area contributed by atoms with Gasteiger partial charge in [-0.05, 0) is 29.3 Å². The van der Waals surface area contributed by atoms with Crippen LogP contribution in [-0.2, 0) is 0 Å². The van der Waals surface area contributed by atoms with Crippen LogP contribution in [0.5, 0.6) is 0 Å². The molecule has 0 spiro atoms. The fraction of sp³-hybridized carbons (Fsp3) is 0. The Hall–Kier alpha value is -6.43. The number of nitrogens with zero attached hydrogens (tertiary/aromatic N) is 3. The fourth-order valence-electron chi connectivity index (χ4n) is 7.13. The van der Waals surface area contributed by atoms with Gasteiger partial charge < -0.3 is 4.42 Å². The Morgan fingerprint density at radius 2 is 0.920 bits per heavy atom. The number of hydrogen-bond donors (Lipinski definition) is 0. The molecule has 50 heavy (non-hydrogen) atoms. The number of furan rings is 1. The molecular formula is C45H27N3OS. The lowest BCUT2D eigenvalue weighted by atomic mass is 9.87. The summed E-state index contributed by atoms with van der Waals surface area (Å²) in [6.07, 6.45) is 0. The van der Waals surface area contributed by atoms with Gasteiger partial charge in [0.2, 0.25) is 0 Å². The van der Waals surface area contributed by atoms with Gasteiger partial charge in [-0.15, -0.1) is 11.3 Å². The van der Waals surface area contributed by atoms with Crippen molar-refractivity contribution in [3.8, 4) is 56.4 Å². The van der Waals surface area contributed by atoms with Crippen molar-refractivity contribution in [1.29, 1.82) is 0 Å². The van der Waals surface area contributed by atoms with Gasteiger partial charge in [0, 0.05) is 58.8 Å². The molecule has 0 bridgehead atoms. The summed E-state index contributed by atoms with van der Waals surface area (Å²) >= 11 is 1.83. The third-order valence-electron chi connectivity index (χ3n) is 9.37. The molecule has 0 saturated heterocycles. The minimum absolute atomic E-state index is 0.602. The first-order valence-corrected chi connectivity index (χ1v) is 17.4. The van der Waals surface area contributed by atoms with Gasteiger partial charge in [-0.25, -0.2) is 15.0 Å². The number of benzene rings is 7. The van der Waals surface area contributed by atoms with Crippen LogP contribution < -0.4 is 0 Å². The molecule has 0 atom stereocenters. The van der Waals surface area contributed by atoms with E-state index in [0.717, 1.165) is 60.9 Å². The summed E-state index contributed by atoms with van der Waals surface area (Å²) in [4.78, 5) is 15.4. The highest BCUT2D eigenvalue weighted by molar-refractivity contribution is 7.25. The maximum atomic E-state index is 6.70. The van der Waals surface area contributed by atoms with Crippen LogP contribution in [-0.4, -0.2) is 15.0 Å². The maximum absolute atomic E-state index is 6.70. The molecule has 3 heterocycles. The Morgan fingerprint density at radius 1 is 0.380 bits per heavy atom. The summed E-state index contributed by atoms with van der Waals surface area (Å²) in [5, 5.41) is 4.66. The monoisotopic (exact) mass is 657 g/mol. The van der Waals surface area contributed by atoms with E-state index in [4.69, 9.17) is 19.4 Å². The molecule has 7 aromatic carbocycles. The number of aromatic nitrogens is 3. The predicted octanol–water partition coefficient (Wildman–Crippen LogP) is 12.5. The maximum Gasteiger partial charge on any atom is 0.164 e. The lowest BCUT2D eigenvalue weighted by Gasteiger charge is -2.17. The second kappa shape index (κ2) is 11.6. The highest BCUT2D eigenvalue weighted by Crippen LogP contribution is 2.47. The van der Waals surface area contributed by atoms with Crippen molar-refractivity contribution < 1.29 is 4.42 Å². The van der Waals surface area contributed by atoms with E-state index in [1.165, 1.54) is 20.2 Å². The molecule has 4 nitrogen and oxygen atoms in total. The SMILES string of the molecule is c1ccc(-c2nc(-c3ccccc3)nc(-c3cccc(-c4cccc5sc6ccccc6c45)c3-c3cccc4c3oc3ccccc34)n2)cc1. The van der Waals surface area contributed by atoms with Crippen LogP contribution >= 0.6 is 11.3 Å². The number of thiophene rings is 1.